The first-order chi connectivity index (χ1) is 12.6. The van der Waals surface area contributed by atoms with Gasteiger partial charge in [0.2, 0.25) is 11.9 Å². The molecule has 1 aliphatic heterocycles. The maximum Gasteiger partial charge on any atom is 0.246 e. The first kappa shape index (κ1) is 18.3. The predicted molar refractivity (Wildman–Crippen MR) is 102 cm³/mol. The third-order valence-corrected chi connectivity index (χ3v) is 5.08. The van der Waals surface area contributed by atoms with Crippen molar-refractivity contribution in [3.8, 4) is 11.5 Å². The molecule has 1 aliphatic rings. The number of ether oxygens (including phenoxy) is 2. The lowest BCUT2D eigenvalue weighted by atomic mass is 10.0. The SMILES string of the molecule is COc1ccc(OC)c(CCN(C)C2CCN(c3n[nH]c(N)n3)CC2)c1. The molecule has 8 nitrogen and oxygen atoms in total. The number of anilines is 2. The molecule has 3 rings (SSSR count). The molecular weight excluding hydrogens is 332 g/mol. The summed E-state index contributed by atoms with van der Waals surface area (Å²) >= 11 is 0. The van der Waals surface area contributed by atoms with E-state index in [-0.39, 0.29) is 0 Å². The van der Waals surface area contributed by atoms with Gasteiger partial charge in [0.25, 0.3) is 0 Å². The second-order valence-electron chi connectivity index (χ2n) is 6.65. The smallest absolute Gasteiger partial charge is 0.246 e. The maximum atomic E-state index is 5.62. The first-order valence-corrected chi connectivity index (χ1v) is 8.94. The lowest BCUT2D eigenvalue weighted by molar-refractivity contribution is 0.209. The first-order valence-electron chi connectivity index (χ1n) is 8.94. The van der Waals surface area contributed by atoms with Crippen molar-refractivity contribution in [2.75, 3.05) is 51.5 Å². The Bertz CT molecular complexity index is 711. The summed E-state index contributed by atoms with van der Waals surface area (Å²) < 4.78 is 10.8. The summed E-state index contributed by atoms with van der Waals surface area (Å²) in [5.41, 5.74) is 6.79. The van der Waals surface area contributed by atoms with Gasteiger partial charge in [-0.3, -0.25) is 0 Å². The molecule has 26 heavy (non-hydrogen) atoms. The molecule has 1 aromatic heterocycles. The summed E-state index contributed by atoms with van der Waals surface area (Å²) in [5, 5.41) is 6.85. The van der Waals surface area contributed by atoms with Crippen LogP contribution in [0.3, 0.4) is 0 Å². The summed E-state index contributed by atoms with van der Waals surface area (Å²) in [6, 6.07) is 6.51. The minimum atomic E-state index is 0.367. The third kappa shape index (κ3) is 4.19. The van der Waals surface area contributed by atoms with Gasteiger partial charge >= 0.3 is 0 Å². The van der Waals surface area contributed by atoms with Gasteiger partial charge in [-0.2, -0.15) is 4.98 Å². The van der Waals surface area contributed by atoms with Crippen molar-refractivity contribution in [2.45, 2.75) is 25.3 Å². The Balaban J connectivity index is 1.52. The molecule has 8 heteroatoms. The van der Waals surface area contributed by atoms with E-state index in [2.05, 4.69) is 38.1 Å². The fourth-order valence-electron chi connectivity index (χ4n) is 3.47. The average Bonchev–Trinajstić information content (AvgIpc) is 3.12. The van der Waals surface area contributed by atoms with Gasteiger partial charge in [-0.15, -0.1) is 5.10 Å². The third-order valence-electron chi connectivity index (χ3n) is 5.08. The maximum absolute atomic E-state index is 5.62. The van der Waals surface area contributed by atoms with Gasteiger partial charge in [0, 0.05) is 25.7 Å². The number of benzene rings is 1. The number of piperidine rings is 1. The molecule has 0 spiro atoms. The van der Waals surface area contributed by atoms with Crippen molar-refractivity contribution in [2.24, 2.45) is 0 Å². The highest BCUT2D eigenvalue weighted by Gasteiger charge is 2.24. The zero-order valence-electron chi connectivity index (χ0n) is 15.7. The van der Waals surface area contributed by atoms with Gasteiger partial charge in [-0.25, -0.2) is 5.10 Å². The highest BCUT2D eigenvalue weighted by molar-refractivity contribution is 5.40. The topological polar surface area (TPSA) is 92.5 Å². The Kier molecular flexibility index (Phi) is 5.82. The predicted octanol–water partition coefficient (Wildman–Crippen LogP) is 1.55. The van der Waals surface area contributed by atoms with Gasteiger partial charge < -0.3 is 25.0 Å². The molecule has 1 saturated heterocycles. The summed E-state index contributed by atoms with van der Waals surface area (Å²) in [7, 11) is 5.59. The van der Waals surface area contributed by atoms with Crippen molar-refractivity contribution in [3.63, 3.8) is 0 Å². The van der Waals surface area contributed by atoms with E-state index in [0.29, 0.717) is 17.9 Å². The van der Waals surface area contributed by atoms with Crippen LogP contribution < -0.4 is 20.1 Å². The van der Waals surface area contributed by atoms with Crippen LogP contribution in [0, 0.1) is 0 Å². The van der Waals surface area contributed by atoms with Crippen LogP contribution in [0.15, 0.2) is 18.2 Å². The molecule has 1 aromatic carbocycles. The molecule has 2 aromatic rings. The molecule has 0 aliphatic carbocycles. The number of aromatic amines is 1. The van der Waals surface area contributed by atoms with Crippen LogP contribution >= 0.6 is 0 Å². The number of rotatable bonds is 7. The standard InChI is InChI=1S/C18H28N6O2/c1-23(9-6-13-12-15(25-2)4-5-16(13)26-3)14-7-10-24(11-8-14)18-20-17(19)21-22-18/h4-5,12,14H,6-11H2,1-3H3,(H3,19,20,21,22). The Morgan fingerprint density at radius 2 is 2.04 bits per heavy atom. The number of hydrogen-bond donors (Lipinski definition) is 2. The van der Waals surface area contributed by atoms with E-state index in [1.54, 1.807) is 14.2 Å². The lowest BCUT2D eigenvalue weighted by Gasteiger charge is -2.36. The van der Waals surface area contributed by atoms with Crippen LogP contribution in [0.5, 0.6) is 11.5 Å². The quantitative estimate of drug-likeness (QED) is 0.774. The second-order valence-corrected chi connectivity index (χ2v) is 6.65. The number of nitrogens with two attached hydrogens (primary N) is 1. The number of aromatic nitrogens is 3. The van der Waals surface area contributed by atoms with Gasteiger partial charge in [0.05, 0.1) is 14.2 Å². The number of nitrogens with one attached hydrogen (secondary N) is 1. The van der Waals surface area contributed by atoms with Crippen molar-refractivity contribution in [3.05, 3.63) is 23.8 Å². The van der Waals surface area contributed by atoms with Crippen LogP contribution in [-0.2, 0) is 6.42 Å². The lowest BCUT2D eigenvalue weighted by Crippen LogP contribution is -2.44. The monoisotopic (exact) mass is 360 g/mol. The molecule has 3 N–H and O–H groups in total. The molecule has 2 heterocycles. The summed E-state index contributed by atoms with van der Waals surface area (Å²) in [4.78, 5) is 8.83. The average molecular weight is 360 g/mol. The largest absolute Gasteiger partial charge is 0.497 e. The van der Waals surface area contributed by atoms with E-state index in [9.17, 15) is 0 Å². The Labute approximate surface area is 154 Å². The highest BCUT2D eigenvalue weighted by Crippen LogP contribution is 2.25. The molecule has 0 unspecified atom stereocenters. The zero-order valence-corrected chi connectivity index (χ0v) is 15.7. The van der Waals surface area contributed by atoms with E-state index < -0.39 is 0 Å². The second kappa shape index (κ2) is 8.27. The Hall–Kier alpha value is -2.48. The van der Waals surface area contributed by atoms with E-state index in [1.165, 1.54) is 5.56 Å². The van der Waals surface area contributed by atoms with Gasteiger partial charge in [0.1, 0.15) is 11.5 Å². The zero-order chi connectivity index (χ0) is 18.5. The molecule has 0 bridgehead atoms. The fraction of sp³-hybridized carbons (Fsp3) is 0.556. The van der Waals surface area contributed by atoms with Crippen molar-refractivity contribution >= 4 is 11.9 Å². The van der Waals surface area contributed by atoms with E-state index in [1.807, 2.05) is 12.1 Å². The van der Waals surface area contributed by atoms with Crippen LogP contribution in [0.25, 0.3) is 0 Å². The summed E-state index contributed by atoms with van der Waals surface area (Å²) in [5.74, 6) is 2.84. The molecular formula is C18H28N6O2. The number of likely N-dealkylation sites (N-methyl/N-ethyl adjacent to an activating group) is 1. The van der Waals surface area contributed by atoms with Crippen molar-refractivity contribution in [1.82, 2.24) is 20.1 Å². The Morgan fingerprint density at radius 1 is 1.27 bits per heavy atom. The summed E-state index contributed by atoms with van der Waals surface area (Å²) in [6.07, 6.45) is 3.09. The number of nitrogens with zero attached hydrogens (tertiary/aromatic N) is 4. The molecule has 0 saturated carbocycles. The van der Waals surface area contributed by atoms with Crippen molar-refractivity contribution in [1.29, 1.82) is 0 Å². The number of nitrogen functional groups attached to an aromatic ring is 1. The van der Waals surface area contributed by atoms with Crippen LogP contribution in [-0.4, -0.2) is 67.0 Å². The van der Waals surface area contributed by atoms with E-state index in [4.69, 9.17) is 15.2 Å². The molecule has 1 fully saturated rings. The van der Waals surface area contributed by atoms with Gasteiger partial charge in [0.15, 0.2) is 0 Å². The Morgan fingerprint density at radius 3 is 2.65 bits per heavy atom. The van der Waals surface area contributed by atoms with Crippen LogP contribution in [0.4, 0.5) is 11.9 Å². The normalized spacial score (nSPS) is 15.5. The minimum Gasteiger partial charge on any atom is -0.497 e. The highest BCUT2D eigenvalue weighted by atomic mass is 16.5. The number of methoxy groups -OCH3 is 2. The number of H-pyrrole nitrogens is 1. The fourth-order valence-corrected chi connectivity index (χ4v) is 3.47. The minimum absolute atomic E-state index is 0.367. The number of hydrogen-bond acceptors (Lipinski definition) is 7. The van der Waals surface area contributed by atoms with Crippen LogP contribution in [0.2, 0.25) is 0 Å². The van der Waals surface area contributed by atoms with Crippen LogP contribution in [0.1, 0.15) is 18.4 Å². The van der Waals surface area contributed by atoms with Gasteiger partial charge in [-0.05, 0) is 50.1 Å². The molecule has 0 amide bonds. The molecule has 0 radical (unpaired) electrons. The van der Waals surface area contributed by atoms with Crippen molar-refractivity contribution < 1.29 is 9.47 Å². The molecule has 0 atom stereocenters. The summed E-state index contributed by atoms with van der Waals surface area (Å²) in [6.45, 7) is 2.85. The molecule has 142 valence electrons. The van der Waals surface area contributed by atoms with E-state index in [0.717, 1.165) is 50.4 Å². The van der Waals surface area contributed by atoms with Gasteiger partial charge in [-0.1, -0.05) is 0 Å². The van der Waals surface area contributed by atoms with E-state index >= 15 is 0 Å².